The molecule has 0 heterocycles. The zero-order valence-electron chi connectivity index (χ0n) is 5.40. The fraction of sp³-hybridized carbons (Fsp3) is 1.00. The van der Waals surface area contributed by atoms with Gasteiger partial charge in [-0.2, -0.15) is 0 Å². The Hall–Kier alpha value is 0.722. The van der Waals surface area contributed by atoms with Crippen molar-refractivity contribution in [3.05, 3.63) is 0 Å². The van der Waals surface area contributed by atoms with Crippen LogP contribution in [0.15, 0.2) is 0 Å². The van der Waals surface area contributed by atoms with Crippen LogP contribution in [0.4, 0.5) is 0 Å². The van der Waals surface area contributed by atoms with Crippen molar-refractivity contribution in [3.8, 4) is 0 Å². The van der Waals surface area contributed by atoms with E-state index in [0.29, 0.717) is 0 Å². The molecule has 0 N–H and O–H groups in total. The summed E-state index contributed by atoms with van der Waals surface area (Å²) in [5.41, 5.74) is 0. The third-order valence-electron chi connectivity index (χ3n) is 0.350. The quantitative estimate of drug-likeness (QED) is 0.441. The summed E-state index contributed by atoms with van der Waals surface area (Å²) in [4.78, 5) is 0. The minimum Gasteiger partial charge on any atom is -1.00 e. The van der Waals surface area contributed by atoms with Gasteiger partial charge in [0.1, 0.15) is 0 Å². The maximum absolute atomic E-state index is 10.3. The van der Waals surface area contributed by atoms with Gasteiger partial charge in [-0.3, -0.25) is 0 Å². The molecule has 0 aliphatic carbocycles. The molecule has 0 bridgehead atoms. The summed E-state index contributed by atoms with van der Waals surface area (Å²) >= 11 is -1.49. The van der Waals surface area contributed by atoms with E-state index in [2.05, 4.69) is 0 Å². The van der Waals surface area contributed by atoms with Gasteiger partial charge in [0.05, 0.1) is 0 Å². The van der Waals surface area contributed by atoms with Crippen LogP contribution in [0.25, 0.3) is 0 Å². The van der Waals surface area contributed by atoms with Crippen LogP contribution in [-0.4, -0.2) is 42.3 Å². The van der Waals surface area contributed by atoms with Gasteiger partial charge in [-0.15, -0.1) is 0 Å². The molecule has 10 heavy (non-hydrogen) atoms. The summed E-state index contributed by atoms with van der Waals surface area (Å²) in [7, 11) is -6.57. The van der Waals surface area contributed by atoms with E-state index in [1.165, 1.54) is 0 Å². The van der Waals surface area contributed by atoms with Crippen LogP contribution in [0.2, 0.25) is 0 Å². The molecule has 0 amide bonds. The summed E-state index contributed by atoms with van der Waals surface area (Å²) in [5, 5.41) is 0. The summed E-state index contributed by atoms with van der Waals surface area (Å²) < 4.78 is 41.2. The Bertz CT molecular complexity index is 246. The molecule has 60 valence electrons. The number of hydrogen-bond donors (Lipinski definition) is 0. The molecule has 0 rings (SSSR count). The first-order valence-corrected chi connectivity index (χ1v) is 8.69. The van der Waals surface area contributed by atoms with E-state index in [-0.39, 0.29) is 12.4 Å². The second-order valence-corrected chi connectivity index (χ2v) is 12.7. The second-order valence-electron chi connectivity index (χ2n) is 1.76. The van der Waals surface area contributed by atoms with Gasteiger partial charge in [0.25, 0.3) is 0 Å². The van der Waals surface area contributed by atoms with Crippen LogP contribution in [-0.2, 0) is 16.4 Å². The first-order chi connectivity index (χ1) is 3.71. The number of rotatable bonds is 2. The van der Waals surface area contributed by atoms with Crippen LogP contribution in [0.5, 0.6) is 0 Å². The Kier molecular flexibility index (Phi) is 5.23. The summed E-state index contributed by atoms with van der Waals surface area (Å²) in [5.74, 6) is 0. The Labute approximate surface area is 71.0 Å². The van der Waals surface area contributed by atoms with Gasteiger partial charge in [-0.1, -0.05) is 0 Å². The van der Waals surface area contributed by atoms with Gasteiger partial charge >= 0.3 is 58.7 Å². The van der Waals surface area contributed by atoms with Crippen molar-refractivity contribution in [2.75, 3.05) is 12.5 Å². The van der Waals surface area contributed by atoms with Crippen molar-refractivity contribution in [1.29, 1.82) is 0 Å². The minimum atomic E-state index is -3.29. The van der Waals surface area contributed by atoms with Crippen molar-refractivity contribution < 1.29 is 29.2 Å². The van der Waals surface area contributed by atoms with Crippen molar-refractivity contribution in [3.63, 3.8) is 0 Å². The van der Waals surface area contributed by atoms with Crippen LogP contribution in [0.1, 0.15) is 0 Å². The summed E-state index contributed by atoms with van der Waals surface area (Å²) in [6, 6.07) is 0. The Morgan fingerprint density at radius 3 is 1.10 bits per heavy atom. The zero-order valence-corrected chi connectivity index (χ0v) is 8.95. The molecular weight excluding hydrogens is 215 g/mol. The maximum Gasteiger partial charge on any atom is -1.00 e. The molecule has 0 aromatic heterocycles. The first kappa shape index (κ1) is 13.3. The molecular formula is C2H6AlClO4S2. The molecule has 0 aliphatic heterocycles. The van der Waals surface area contributed by atoms with E-state index in [0.717, 1.165) is 12.5 Å². The Morgan fingerprint density at radius 2 is 1.10 bits per heavy atom. The molecule has 0 saturated heterocycles. The zero-order chi connectivity index (χ0) is 7.71. The Morgan fingerprint density at radius 1 is 0.900 bits per heavy atom. The van der Waals surface area contributed by atoms with E-state index in [4.69, 9.17) is 0 Å². The number of hydrogen-bond acceptors (Lipinski definition) is 4. The fourth-order valence-corrected chi connectivity index (χ4v) is 8.57. The third-order valence-corrected chi connectivity index (χ3v) is 9.44. The molecule has 0 radical (unpaired) electrons. The smallest absolute Gasteiger partial charge is 1.00 e. The summed E-state index contributed by atoms with van der Waals surface area (Å²) in [6.45, 7) is 0. The van der Waals surface area contributed by atoms with Crippen molar-refractivity contribution in [2.24, 2.45) is 0 Å². The fourth-order valence-electron chi connectivity index (χ4n) is 0.318. The number of halogens is 1. The van der Waals surface area contributed by atoms with E-state index in [1.54, 1.807) is 0 Å². The Balaban J connectivity index is 0. The minimum absolute atomic E-state index is 0. The molecule has 8 heteroatoms. The molecule has 0 fully saturated rings. The molecule has 0 aromatic carbocycles. The van der Waals surface area contributed by atoms with Gasteiger partial charge in [-0.05, 0) is 0 Å². The van der Waals surface area contributed by atoms with Gasteiger partial charge in [0.15, 0.2) is 0 Å². The normalized spacial score (nSPS) is 11.4. The standard InChI is InChI=1S/2CH3O2S.Al.ClH/c2*1-4(2)3;;/h2*1H3;;1H/q;;+1;/p-1. The van der Waals surface area contributed by atoms with Crippen LogP contribution >= 0.6 is 0 Å². The van der Waals surface area contributed by atoms with E-state index < -0.39 is 29.4 Å². The molecule has 0 unspecified atom stereocenters. The van der Waals surface area contributed by atoms with Crippen molar-refractivity contribution >= 4 is 29.4 Å². The molecule has 4 nitrogen and oxygen atoms in total. The molecule has 0 aliphatic rings. The summed E-state index contributed by atoms with van der Waals surface area (Å²) in [6.07, 6.45) is 1.84. The third kappa shape index (κ3) is 11.5. The topological polar surface area (TPSA) is 68.3 Å². The van der Waals surface area contributed by atoms with Crippen molar-refractivity contribution in [2.45, 2.75) is 0 Å². The predicted octanol–water partition coefficient (Wildman–Crippen LogP) is -4.39. The van der Waals surface area contributed by atoms with E-state index in [9.17, 15) is 16.8 Å². The van der Waals surface area contributed by atoms with Gasteiger partial charge in [0.2, 0.25) is 0 Å². The van der Waals surface area contributed by atoms with Crippen LogP contribution in [0, 0.1) is 0 Å². The SMILES string of the molecule is C[S](=O)(=O)[Al+][S](C)(=O)=O.[Cl-]. The van der Waals surface area contributed by atoms with E-state index >= 15 is 0 Å². The average Bonchev–Trinajstić information content (AvgIpc) is 1.14. The molecule has 0 saturated carbocycles. The van der Waals surface area contributed by atoms with Crippen LogP contribution < -0.4 is 12.4 Å². The van der Waals surface area contributed by atoms with Gasteiger partial charge in [0, 0.05) is 0 Å². The average molecular weight is 221 g/mol. The van der Waals surface area contributed by atoms with Crippen molar-refractivity contribution in [1.82, 2.24) is 0 Å². The van der Waals surface area contributed by atoms with Gasteiger partial charge < -0.3 is 12.4 Å². The molecule has 0 aromatic rings. The van der Waals surface area contributed by atoms with Gasteiger partial charge in [-0.25, -0.2) is 0 Å². The molecule has 0 atom stereocenters. The maximum atomic E-state index is 10.3. The largest absolute Gasteiger partial charge is 1.00 e. The monoisotopic (exact) mass is 220 g/mol. The first-order valence-electron chi connectivity index (χ1n) is 1.95. The van der Waals surface area contributed by atoms with E-state index in [1.807, 2.05) is 0 Å². The molecule has 0 spiro atoms. The second kappa shape index (κ2) is 3.93. The van der Waals surface area contributed by atoms with Crippen LogP contribution in [0.3, 0.4) is 0 Å². The predicted molar refractivity (Wildman–Crippen MR) is 35.4 cm³/mol.